The highest BCUT2D eigenvalue weighted by Crippen LogP contribution is 2.19. The van der Waals surface area contributed by atoms with Gasteiger partial charge in [-0.2, -0.15) is 0 Å². The normalized spacial score (nSPS) is 20.6. The molecule has 0 aliphatic carbocycles. The number of hydrogen-bond acceptors (Lipinski definition) is 2. The van der Waals surface area contributed by atoms with E-state index in [0.717, 1.165) is 13.1 Å². The fourth-order valence-electron chi connectivity index (χ4n) is 2.06. The summed E-state index contributed by atoms with van der Waals surface area (Å²) in [6, 6.07) is 10.4. The van der Waals surface area contributed by atoms with E-state index in [0.29, 0.717) is 0 Å². The molecule has 2 nitrogen and oxygen atoms in total. The van der Waals surface area contributed by atoms with Gasteiger partial charge in [0.2, 0.25) is 0 Å². The van der Waals surface area contributed by atoms with Crippen LogP contribution in [-0.2, 0) is 0 Å². The minimum atomic E-state index is 0.0940. The third-order valence-electron chi connectivity index (χ3n) is 2.93. The van der Waals surface area contributed by atoms with Crippen molar-refractivity contribution in [3.8, 4) is 0 Å². The Morgan fingerprint density at radius 3 is 2.29 bits per heavy atom. The van der Waals surface area contributed by atoms with Crippen LogP contribution >= 0.6 is 0 Å². The zero-order chi connectivity index (χ0) is 9.80. The van der Waals surface area contributed by atoms with E-state index in [1.54, 1.807) is 0 Å². The van der Waals surface area contributed by atoms with Gasteiger partial charge >= 0.3 is 0 Å². The molecule has 1 aromatic carbocycles. The zero-order valence-electron chi connectivity index (χ0n) is 8.52. The summed E-state index contributed by atoms with van der Waals surface area (Å²) in [5, 5.41) is 0. The Labute approximate surface area is 85.7 Å². The number of likely N-dealkylation sites (tertiary alicyclic amines) is 1. The van der Waals surface area contributed by atoms with Crippen LogP contribution < -0.4 is 5.73 Å². The molecule has 1 aromatic rings. The van der Waals surface area contributed by atoms with Gasteiger partial charge in [0.05, 0.1) is 6.17 Å². The predicted molar refractivity (Wildman–Crippen MR) is 58.8 cm³/mol. The van der Waals surface area contributed by atoms with Crippen molar-refractivity contribution in [2.75, 3.05) is 13.1 Å². The molecule has 1 saturated heterocycles. The van der Waals surface area contributed by atoms with Crippen LogP contribution in [0.15, 0.2) is 30.3 Å². The fraction of sp³-hybridized carbons (Fsp3) is 0.500. The van der Waals surface area contributed by atoms with Gasteiger partial charge < -0.3 is 5.73 Å². The molecule has 2 heteroatoms. The first-order valence-corrected chi connectivity index (χ1v) is 5.42. The van der Waals surface area contributed by atoms with Crippen LogP contribution in [-0.4, -0.2) is 18.0 Å². The molecular formula is C12H18N2. The second-order valence-corrected chi connectivity index (χ2v) is 3.95. The molecule has 76 valence electrons. The summed E-state index contributed by atoms with van der Waals surface area (Å²) in [7, 11) is 0. The Balaban J connectivity index is 2.03. The summed E-state index contributed by atoms with van der Waals surface area (Å²) in [4.78, 5) is 2.37. The van der Waals surface area contributed by atoms with Crippen molar-refractivity contribution in [2.45, 2.75) is 25.4 Å². The van der Waals surface area contributed by atoms with Gasteiger partial charge in [-0.05, 0) is 31.5 Å². The quantitative estimate of drug-likeness (QED) is 0.774. The Morgan fingerprint density at radius 2 is 1.64 bits per heavy atom. The summed E-state index contributed by atoms with van der Waals surface area (Å²) in [5.41, 5.74) is 7.43. The summed E-state index contributed by atoms with van der Waals surface area (Å²) in [6.45, 7) is 2.30. The number of nitrogens with two attached hydrogens (primary N) is 1. The van der Waals surface area contributed by atoms with Gasteiger partial charge in [-0.1, -0.05) is 36.8 Å². The molecule has 0 spiro atoms. The minimum Gasteiger partial charge on any atom is -0.312 e. The van der Waals surface area contributed by atoms with Crippen molar-refractivity contribution >= 4 is 0 Å². The minimum absolute atomic E-state index is 0.0940. The third kappa shape index (κ3) is 2.14. The molecule has 0 saturated carbocycles. The fourth-order valence-corrected chi connectivity index (χ4v) is 2.06. The maximum atomic E-state index is 6.20. The average Bonchev–Trinajstić information content (AvgIpc) is 2.30. The lowest BCUT2D eigenvalue weighted by Crippen LogP contribution is -2.38. The molecule has 0 radical (unpaired) electrons. The third-order valence-corrected chi connectivity index (χ3v) is 2.93. The molecular weight excluding hydrogens is 172 g/mol. The molecule has 2 rings (SSSR count). The van der Waals surface area contributed by atoms with Crippen molar-refractivity contribution in [1.82, 2.24) is 4.90 Å². The van der Waals surface area contributed by atoms with Gasteiger partial charge in [0, 0.05) is 0 Å². The van der Waals surface area contributed by atoms with Gasteiger partial charge in [-0.15, -0.1) is 0 Å². The lowest BCUT2D eigenvalue weighted by Gasteiger charge is -2.32. The van der Waals surface area contributed by atoms with E-state index in [1.807, 2.05) is 6.07 Å². The lowest BCUT2D eigenvalue weighted by molar-refractivity contribution is 0.167. The molecule has 1 fully saturated rings. The molecule has 0 aromatic heterocycles. The van der Waals surface area contributed by atoms with Crippen LogP contribution in [0.1, 0.15) is 31.0 Å². The topological polar surface area (TPSA) is 29.3 Å². The monoisotopic (exact) mass is 190 g/mol. The Kier molecular flexibility index (Phi) is 3.17. The lowest BCUT2D eigenvalue weighted by atomic mass is 10.1. The van der Waals surface area contributed by atoms with Crippen LogP contribution in [0.5, 0.6) is 0 Å². The standard InChI is InChI=1S/C12H18N2/c13-12(11-7-3-1-4-8-11)14-9-5-2-6-10-14/h1,3-4,7-8,12H,2,5-6,9-10,13H2. The van der Waals surface area contributed by atoms with E-state index in [9.17, 15) is 0 Å². The summed E-state index contributed by atoms with van der Waals surface area (Å²) in [5.74, 6) is 0. The van der Waals surface area contributed by atoms with E-state index >= 15 is 0 Å². The smallest absolute Gasteiger partial charge is 0.0835 e. The summed E-state index contributed by atoms with van der Waals surface area (Å²) in [6.07, 6.45) is 4.04. The maximum Gasteiger partial charge on any atom is 0.0835 e. The molecule has 0 bridgehead atoms. The SMILES string of the molecule is NC(c1ccccc1)N1CCCCC1. The van der Waals surface area contributed by atoms with Crippen molar-refractivity contribution in [3.05, 3.63) is 35.9 Å². The molecule has 14 heavy (non-hydrogen) atoms. The van der Waals surface area contributed by atoms with Crippen LogP contribution in [0.4, 0.5) is 0 Å². The van der Waals surface area contributed by atoms with Gasteiger partial charge in [-0.25, -0.2) is 0 Å². The largest absolute Gasteiger partial charge is 0.312 e. The van der Waals surface area contributed by atoms with Gasteiger partial charge in [0.25, 0.3) is 0 Å². The van der Waals surface area contributed by atoms with Gasteiger partial charge in [0.1, 0.15) is 0 Å². The van der Waals surface area contributed by atoms with Crippen molar-refractivity contribution in [3.63, 3.8) is 0 Å². The second kappa shape index (κ2) is 4.58. The van der Waals surface area contributed by atoms with Crippen LogP contribution in [0, 0.1) is 0 Å². The van der Waals surface area contributed by atoms with Crippen molar-refractivity contribution < 1.29 is 0 Å². The first-order chi connectivity index (χ1) is 6.88. The number of hydrogen-bond donors (Lipinski definition) is 1. The maximum absolute atomic E-state index is 6.20. The Hall–Kier alpha value is -0.860. The molecule has 1 aliphatic heterocycles. The van der Waals surface area contributed by atoms with E-state index in [-0.39, 0.29) is 6.17 Å². The van der Waals surface area contributed by atoms with Crippen LogP contribution in [0.25, 0.3) is 0 Å². The number of benzene rings is 1. The second-order valence-electron chi connectivity index (χ2n) is 3.95. The number of nitrogens with zero attached hydrogens (tertiary/aromatic N) is 1. The molecule has 1 unspecified atom stereocenters. The molecule has 1 aliphatic rings. The number of piperidine rings is 1. The highest BCUT2D eigenvalue weighted by molar-refractivity contribution is 5.18. The summed E-state index contributed by atoms with van der Waals surface area (Å²) >= 11 is 0. The van der Waals surface area contributed by atoms with E-state index < -0.39 is 0 Å². The predicted octanol–water partition coefficient (Wildman–Crippen LogP) is 2.13. The Morgan fingerprint density at radius 1 is 1.00 bits per heavy atom. The first kappa shape index (κ1) is 9.69. The Bertz CT molecular complexity index is 265. The average molecular weight is 190 g/mol. The zero-order valence-corrected chi connectivity index (χ0v) is 8.52. The molecule has 0 amide bonds. The van der Waals surface area contributed by atoms with E-state index in [1.165, 1.54) is 24.8 Å². The highest BCUT2D eigenvalue weighted by Gasteiger charge is 2.17. The van der Waals surface area contributed by atoms with E-state index in [4.69, 9.17) is 5.73 Å². The van der Waals surface area contributed by atoms with Crippen molar-refractivity contribution in [1.29, 1.82) is 0 Å². The van der Waals surface area contributed by atoms with Gasteiger partial charge in [-0.3, -0.25) is 4.90 Å². The first-order valence-electron chi connectivity index (χ1n) is 5.42. The highest BCUT2D eigenvalue weighted by atomic mass is 15.2. The van der Waals surface area contributed by atoms with E-state index in [2.05, 4.69) is 29.2 Å². The number of rotatable bonds is 2. The van der Waals surface area contributed by atoms with Gasteiger partial charge in [0.15, 0.2) is 0 Å². The molecule has 1 atom stereocenters. The van der Waals surface area contributed by atoms with Crippen molar-refractivity contribution in [2.24, 2.45) is 5.73 Å². The molecule has 1 heterocycles. The summed E-state index contributed by atoms with van der Waals surface area (Å²) < 4.78 is 0. The van der Waals surface area contributed by atoms with Crippen LogP contribution in [0.3, 0.4) is 0 Å². The molecule has 2 N–H and O–H groups in total. The van der Waals surface area contributed by atoms with Crippen LogP contribution in [0.2, 0.25) is 0 Å².